The van der Waals surface area contributed by atoms with Gasteiger partial charge >= 0.3 is 0 Å². The first-order chi connectivity index (χ1) is 7.54. The first kappa shape index (κ1) is 12.6. The number of benzene rings is 1. The second-order valence-corrected chi connectivity index (χ2v) is 3.66. The molecule has 88 valence electrons. The summed E-state index contributed by atoms with van der Waals surface area (Å²) in [6.45, 7) is 3.51. The van der Waals surface area contributed by atoms with Gasteiger partial charge in [-0.25, -0.2) is 4.39 Å². The van der Waals surface area contributed by atoms with Crippen molar-refractivity contribution in [1.29, 1.82) is 0 Å². The van der Waals surface area contributed by atoms with E-state index in [1.165, 1.54) is 19.2 Å². The molecule has 0 bridgehead atoms. The molecular formula is C12H16FNO2. The maximum Gasteiger partial charge on any atom is 0.249 e. The van der Waals surface area contributed by atoms with Gasteiger partial charge < -0.3 is 10.1 Å². The summed E-state index contributed by atoms with van der Waals surface area (Å²) in [6, 6.07) is 5.89. The molecule has 0 aromatic heterocycles. The summed E-state index contributed by atoms with van der Waals surface area (Å²) >= 11 is 0. The average molecular weight is 225 g/mol. The SMILES string of the molecule is COC(C)C(=O)NC(C)c1ccc(F)cc1. The van der Waals surface area contributed by atoms with Crippen LogP contribution in [-0.4, -0.2) is 19.1 Å². The van der Waals surface area contributed by atoms with Gasteiger partial charge in [-0.3, -0.25) is 4.79 Å². The second kappa shape index (κ2) is 5.61. The van der Waals surface area contributed by atoms with E-state index in [0.717, 1.165) is 5.56 Å². The lowest BCUT2D eigenvalue weighted by molar-refractivity contribution is -0.130. The van der Waals surface area contributed by atoms with Crippen molar-refractivity contribution in [2.45, 2.75) is 26.0 Å². The molecule has 0 aliphatic heterocycles. The molecule has 3 nitrogen and oxygen atoms in total. The molecule has 2 atom stereocenters. The summed E-state index contributed by atoms with van der Waals surface area (Å²) in [5, 5.41) is 2.78. The van der Waals surface area contributed by atoms with Gasteiger partial charge in [0.1, 0.15) is 11.9 Å². The van der Waals surface area contributed by atoms with Crippen molar-refractivity contribution in [3.63, 3.8) is 0 Å². The van der Waals surface area contributed by atoms with E-state index in [-0.39, 0.29) is 17.8 Å². The molecule has 0 radical (unpaired) electrons. The molecule has 4 heteroatoms. The Balaban J connectivity index is 2.62. The van der Waals surface area contributed by atoms with Gasteiger partial charge in [0.25, 0.3) is 0 Å². The molecule has 1 amide bonds. The number of methoxy groups -OCH3 is 1. The molecule has 2 unspecified atom stereocenters. The van der Waals surface area contributed by atoms with E-state index in [0.29, 0.717) is 0 Å². The van der Waals surface area contributed by atoms with Crippen LogP contribution in [0.2, 0.25) is 0 Å². The maximum atomic E-state index is 12.7. The number of hydrogen-bond acceptors (Lipinski definition) is 2. The molecule has 0 saturated carbocycles. The van der Waals surface area contributed by atoms with Crippen LogP contribution < -0.4 is 5.32 Å². The summed E-state index contributed by atoms with van der Waals surface area (Å²) in [5.41, 5.74) is 0.859. The third-order valence-electron chi connectivity index (χ3n) is 2.45. The smallest absolute Gasteiger partial charge is 0.249 e. The summed E-state index contributed by atoms with van der Waals surface area (Å²) in [4.78, 5) is 11.5. The molecule has 0 fully saturated rings. The lowest BCUT2D eigenvalue weighted by Crippen LogP contribution is -2.35. The van der Waals surface area contributed by atoms with Crippen LogP contribution in [0, 0.1) is 5.82 Å². The van der Waals surface area contributed by atoms with Crippen LogP contribution in [0.5, 0.6) is 0 Å². The minimum absolute atomic E-state index is 0.161. The lowest BCUT2D eigenvalue weighted by Gasteiger charge is -2.17. The zero-order valence-electron chi connectivity index (χ0n) is 9.66. The fourth-order valence-electron chi connectivity index (χ4n) is 1.27. The summed E-state index contributed by atoms with van der Waals surface area (Å²) in [5.74, 6) is -0.466. The van der Waals surface area contributed by atoms with Crippen LogP contribution in [0.25, 0.3) is 0 Å². The molecule has 0 spiro atoms. The zero-order valence-corrected chi connectivity index (χ0v) is 9.66. The Labute approximate surface area is 94.6 Å². The molecule has 16 heavy (non-hydrogen) atoms. The van der Waals surface area contributed by atoms with E-state index < -0.39 is 6.10 Å². The van der Waals surface area contributed by atoms with Crippen molar-refractivity contribution in [2.24, 2.45) is 0 Å². The highest BCUT2D eigenvalue weighted by molar-refractivity contribution is 5.80. The first-order valence-corrected chi connectivity index (χ1v) is 5.13. The molecule has 0 aliphatic rings. The Bertz CT molecular complexity index is 351. The summed E-state index contributed by atoms with van der Waals surface area (Å²) in [6.07, 6.45) is -0.483. The number of ether oxygens (including phenoxy) is 1. The first-order valence-electron chi connectivity index (χ1n) is 5.13. The molecule has 0 saturated heterocycles. The molecular weight excluding hydrogens is 209 g/mol. The van der Waals surface area contributed by atoms with Crippen molar-refractivity contribution >= 4 is 5.91 Å². The van der Waals surface area contributed by atoms with Gasteiger partial charge in [0.05, 0.1) is 6.04 Å². The molecule has 0 heterocycles. The van der Waals surface area contributed by atoms with Gasteiger partial charge in [-0.05, 0) is 31.5 Å². The highest BCUT2D eigenvalue weighted by Gasteiger charge is 2.15. The zero-order chi connectivity index (χ0) is 12.1. The van der Waals surface area contributed by atoms with Gasteiger partial charge in [0, 0.05) is 7.11 Å². The number of carbonyl (C=O) groups excluding carboxylic acids is 1. The molecule has 1 rings (SSSR count). The van der Waals surface area contributed by atoms with Crippen molar-refractivity contribution in [3.05, 3.63) is 35.6 Å². The highest BCUT2D eigenvalue weighted by atomic mass is 19.1. The van der Waals surface area contributed by atoms with Gasteiger partial charge in [0.15, 0.2) is 0 Å². The molecule has 1 aromatic carbocycles. The normalized spacial score (nSPS) is 14.2. The third kappa shape index (κ3) is 3.31. The lowest BCUT2D eigenvalue weighted by atomic mass is 10.1. The Hall–Kier alpha value is -1.42. The van der Waals surface area contributed by atoms with E-state index in [1.54, 1.807) is 19.1 Å². The van der Waals surface area contributed by atoms with Crippen LogP contribution in [-0.2, 0) is 9.53 Å². The fourth-order valence-corrected chi connectivity index (χ4v) is 1.27. The Kier molecular flexibility index (Phi) is 4.43. The van der Waals surface area contributed by atoms with Gasteiger partial charge in [0.2, 0.25) is 5.91 Å². The molecule has 1 aromatic rings. The largest absolute Gasteiger partial charge is 0.372 e. The molecule has 0 aliphatic carbocycles. The minimum Gasteiger partial charge on any atom is -0.372 e. The monoisotopic (exact) mass is 225 g/mol. The van der Waals surface area contributed by atoms with E-state index in [9.17, 15) is 9.18 Å². The van der Waals surface area contributed by atoms with Crippen molar-refractivity contribution in [2.75, 3.05) is 7.11 Å². The van der Waals surface area contributed by atoms with E-state index in [1.807, 2.05) is 6.92 Å². The maximum absolute atomic E-state index is 12.7. The second-order valence-electron chi connectivity index (χ2n) is 3.66. The van der Waals surface area contributed by atoms with Gasteiger partial charge in [-0.2, -0.15) is 0 Å². The average Bonchev–Trinajstić information content (AvgIpc) is 2.28. The summed E-state index contributed by atoms with van der Waals surface area (Å²) in [7, 11) is 1.48. The van der Waals surface area contributed by atoms with Gasteiger partial charge in [-0.1, -0.05) is 12.1 Å². The van der Waals surface area contributed by atoms with Crippen LogP contribution >= 0.6 is 0 Å². The number of amides is 1. The number of nitrogens with one attached hydrogen (secondary N) is 1. The van der Waals surface area contributed by atoms with Crippen LogP contribution in [0.15, 0.2) is 24.3 Å². The quantitative estimate of drug-likeness (QED) is 0.851. The number of rotatable bonds is 4. The van der Waals surface area contributed by atoms with E-state index >= 15 is 0 Å². The number of carbonyl (C=O) groups is 1. The van der Waals surface area contributed by atoms with Crippen LogP contribution in [0.4, 0.5) is 4.39 Å². The predicted molar refractivity (Wildman–Crippen MR) is 59.4 cm³/mol. The summed E-state index contributed by atoms with van der Waals surface area (Å²) < 4.78 is 17.6. The van der Waals surface area contributed by atoms with Crippen LogP contribution in [0.3, 0.4) is 0 Å². The highest BCUT2D eigenvalue weighted by Crippen LogP contribution is 2.12. The fraction of sp³-hybridized carbons (Fsp3) is 0.417. The third-order valence-corrected chi connectivity index (χ3v) is 2.45. The Morgan fingerprint density at radius 3 is 2.38 bits per heavy atom. The topological polar surface area (TPSA) is 38.3 Å². The number of halogens is 1. The molecule has 1 N–H and O–H groups in total. The standard InChI is InChI=1S/C12H16FNO2/c1-8(14-12(15)9(2)16-3)10-4-6-11(13)7-5-10/h4-9H,1-3H3,(H,14,15). The van der Waals surface area contributed by atoms with Gasteiger partial charge in [-0.15, -0.1) is 0 Å². The van der Waals surface area contributed by atoms with E-state index in [4.69, 9.17) is 4.74 Å². The van der Waals surface area contributed by atoms with Crippen molar-refractivity contribution < 1.29 is 13.9 Å². The van der Waals surface area contributed by atoms with Crippen molar-refractivity contribution in [3.8, 4) is 0 Å². The number of hydrogen-bond donors (Lipinski definition) is 1. The minimum atomic E-state index is -0.483. The Morgan fingerprint density at radius 1 is 1.31 bits per heavy atom. The van der Waals surface area contributed by atoms with E-state index in [2.05, 4.69) is 5.32 Å². The predicted octanol–water partition coefficient (Wildman–Crippen LogP) is 2.04. The Morgan fingerprint density at radius 2 is 1.88 bits per heavy atom. The van der Waals surface area contributed by atoms with Crippen LogP contribution in [0.1, 0.15) is 25.5 Å². The van der Waals surface area contributed by atoms with Crippen molar-refractivity contribution in [1.82, 2.24) is 5.32 Å².